The van der Waals surface area contributed by atoms with Crippen LogP contribution in [-0.4, -0.2) is 111 Å². The zero-order valence-electron chi connectivity index (χ0n) is 17.0. The number of aliphatic hydroxyl groups is 6. The Hall–Kier alpha value is -1.46. The SMILES string of the molecule is [O-][NH+](O)CCc1ccc(O[C@H]2O[C@H](CO[C@H]3OC[C@@H](O)[C@H](O)[C@H]3O)[C@@H](O)[C@H](O)[C@H]2O)cc1. The standard InChI is InChI=1S/C19H29NO12/c21-11-7-29-18(16(25)13(11)22)30-8-12-14(23)15(24)17(26)19(32-12)31-10-3-1-9(2-4-10)5-6-20(27)28/h1-4,11-27H,5-8H2/t11-,12-,13+,14-,15+,16-,17-,18-,19+/m1/s1. The number of hydrogen-bond donors (Lipinski definition) is 8. The molecule has 1 aromatic rings. The molecule has 1 unspecified atom stereocenters. The minimum Gasteiger partial charge on any atom is -0.600 e. The first kappa shape index (κ1) is 25.2. The van der Waals surface area contributed by atoms with Crippen molar-refractivity contribution < 1.29 is 60.0 Å². The summed E-state index contributed by atoms with van der Waals surface area (Å²) < 4.78 is 21.6. The molecule has 2 aliphatic rings. The third kappa shape index (κ3) is 6.11. The second kappa shape index (κ2) is 11.1. The van der Waals surface area contributed by atoms with Gasteiger partial charge in [-0.15, -0.1) is 0 Å². The molecule has 1 aromatic carbocycles. The first-order chi connectivity index (χ1) is 15.2. The van der Waals surface area contributed by atoms with Gasteiger partial charge in [-0.05, 0) is 17.7 Å². The number of hydrogen-bond acceptors (Lipinski definition) is 12. The minimum atomic E-state index is -1.62. The highest BCUT2D eigenvalue weighted by Gasteiger charge is 2.46. The quantitative estimate of drug-likeness (QED) is 0.172. The minimum absolute atomic E-state index is 0.0220. The highest BCUT2D eigenvalue weighted by molar-refractivity contribution is 5.27. The van der Waals surface area contributed by atoms with E-state index in [1.54, 1.807) is 24.3 Å². The molecule has 0 saturated carbocycles. The number of benzene rings is 1. The third-order valence-electron chi connectivity index (χ3n) is 5.35. The Labute approximate surface area is 183 Å². The van der Waals surface area contributed by atoms with Crippen LogP contribution in [0.5, 0.6) is 5.75 Å². The molecule has 182 valence electrons. The number of ether oxygens (including phenoxy) is 4. The van der Waals surface area contributed by atoms with Gasteiger partial charge in [-0.25, -0.2) is 10.4 Å². The van der Waals surface area contributed by atoms with E-state index in [4.69, 9.17) is 24.2 Å². The van der Waals surface area contributed by atoms with Gasteiger partial charge in [0.2, 0.25) is 6.29 Å². The summed E-state index contributed by atoms with van der Waals surface area (Å²) >= 11 is 0. The summed E-state index contributed by atoms with van der Waals surface area (Å²) in [5, 5.41) is 78.2. The van der Waals surface area contributed by atoms with Crippen LogP contribution in [0.4, 0.5) is 0 Å². The molecule has 2 aliphatic heterocycles. The fraction of sp³-hybridized carbons (Fsp3) is 0.684. The van der Waals surface area contributed by atoms with Crippen LogP contribution < -0.4 is 9.96 Å². The van der Waals surface area contributed by atoms with E-state index in [9.17, 15) is 35.8 Å². The van der Waals surface area contributed by atoms with E-state index in [0.717, 1.165) is 5.56 Å². The molecular formula is C19H29NO12. The Kier molecular flexibility index (Phi) is 8.74. The molecule has 0 radical (unpaired) electrons. The van der Waals surface area contributed by atoms with Crippen LogP contribution in [0.1, 0.15) is 5.56 Å². The van der Waals surface area contributed by atoms with Gasteiger partial charge in [0.25, 0.3) is 0 Å². The molecule has 2 heterocycles. The summed E-state index contributed by atoms with van der Waals surface area (Å²) in [6, 6.07) is 6.41. The van der Waals surface area contributed by atoms with Crippen molar-refractivity contribution in [3.8, 4) is 5.75 Å². The first-order valence-electron chi connectivity index (χ1n) is 10.1. The lowest BCUT2D eigenvalue weighted by molar-refractivity contribution is -1.05. The molecule has 13 heteroatoms. The summed E-state index contributed by atoms with van der Waals surface area (Å²) in [4.78, 5) is 0. The Balaban J connectivity index is 1.57. The predicted molar refractivity (Wildman–Crippen MR) is 102 cm³/mol. The molecule has 0 aliphatic carbocycles. The molecule has 2 saturated heterocycles. The van der Waals surface area contributed by atoms with Crippen molar-refractivity contribution >= 4 is 0 Å². The van der Waals surface area contributed by atoms with E-state index in [-0.39, 0.29) is 25.5 Å². The number of nitrogens with one attached hydrogen (secondary N) is 1. The van der Waals surface area contributed by atoms with Crippen molar-refractivity contribution in [1.82, 2.24) is 0 Å². The van der Waals surface area contributed by atoms with E-state index in [1.165, 1.54) is 0 Å². The molecule has 32 heavy (non-hydrogen) atoms. The third-order valence-corrected chi connectivity index (χ3v) is 5.35. The Morgan fingerprint density at radius 1 is 0.906 bits per heavy atom. The fourth-order valence-corrected chi connectivity index (χ4v) is 3.39. The van der Waals surface area contributed by atoms with Crippen LogP contribution in [0.2, 0.25) is 0 Å². The number of quaternary nitrogens is 1. The lowest BCUT2D eigenvalue weighted by Gasteiger charge is -2.41. The van der Waals surface area contributed by atoms with Gasteiger partial charge in [-0.2, -0.15) is 0 Å². The van der Waals surface area contributed by atoms with E-state index >= 15 is 0 Å². The number of hydroxylamine groups is 2. The van der Waals surface area contributed by atoms with Crippen LogP contribution in [-0.2, 0) is 20.6 Å². The lowest BCUT2D eigenvalue weighted by atomic mass is 9.99. The van der Waals surface area contributed by atoms with Crippen molar-refractivity contribution in [2.45, 2.75) is 61.7 Å². The van der Waals surface area contributed by atoms with Crippen LogP contribution >= 0.6 is 0 Å². The van der Waals surface area contributed by atoms with E-state index < -0.39 is 60.5 Å². The monoisotopic (exact) mass is 463 g/mol. The van der Waals surface area contributed by atoms with Gasteiger partial charge in [0, 0.05) is 6.42 Å². The molecule has 13 nitrogen and oxygen atoms in total. The Morgan fingerprint density at radius 2 is 1.56 bits per heavy atom. The van der Waals surface area contributed by atoms with Gasteiger partial charge in [-0.1, -0.05) is 12.1 Å². The molecule has 2 fully saturated rings. The summed E-state index contributed by atoms with van der Waals surface area (Å²) in [6.45, 7) is -0.679. The molecule has 0 amide bonds. The largest absolute Gasteiger partial charge is 0.600 e. The molecule has 0 aromatic heterocycles. The van der Waals surface area contributed by atoms with Crippen LogP contribution in [0.25, 0.3) is 0 Å². The topological polar surface area (TPSA) is 206 Å². The summed E-state index contributed by atoms with van der Waals surface area (Å²) in [5.41, 5.74) is 0.768. The second-order valence-electron chi connectivity index (χ2n) is 7.75. The Morgan fingerprint density at radius 3 is 2.22 bits per heavy atom. The smallest absolute Gasteiger partial charge is 0.229 e. The summed E-state index contributed by atoms with van der Waals surface area (Å²) in [5.74, 6) is 0.277. The highest BCUT2D eigenvalue weighted by atomic mass is 16.8. The number of aliphatic hydroxyl groups excluding tert-OH is 6. The van der Waals surface area contributed by atoms with Crippen molar-refractivity contribution in [2.24, 2.45) is 0 Å². The first-order valence-corrected chi connectivity index (χ1v) is 10.1. The number of rotatable bonds is 8. The second-order valence-corrected chi connectivity index (χ2v) is 7.75. The van der Waals surface area contributed by atoms with Gasteiger partial charge in [0.15, 0.2) is 6.29 Å². The molecule has 8 N–H and O–H groups in total. The van der Waals surface area contributed by atoms with E-state index in [0.29, 0.717) is 6.42 Å². The maximum absolute atomic E-state index is 10.7. The molecule has 0 spiro atoms. The molecule has 0 bridgehead atoms. The van der Waals surface area contributed by atoms with Crippen molar-refractivity contribution in [3.05, 3.63) is 35.0 Å². The Bertz CT molecular complexity index is 706. The molecule has 3 rings (SSSR count). The van der Waals surface area contributed by atoms with Gasteiger partial charge >= 0.3 is 0 Å². The predicted octanol–water partition coefficient (Wildman–Crippen LogP) is -4.36. The lowest BCUT2D eigenvalue weighted by Crippen LogP contribution is -3.04. The van der Waals surface area contributed by atoms with E-state index in [2.05, 4.69) is 0 Å². The van der Waals surface area contributed by atoms with Gasteiger partial charge in [-0.3, -0.25) is 0 Å². The van der Waals surface area contributed by atoms with Crippen LogP contribution in [0.3, 0.4) is 0 Å². The summed E-state index contributed by atoms with van der Waals surface area (Å²) in [7, 11) is 0. The maximum atomic E-state index is 10.7. The summed E-state index contributed by atoms with van der Waals surface area (Å²) in [6.07, 6.45) is -12.5. The zero-order valence-corrected chi connectivity index (χ0v) is 17.0. The van der Waals surface area contributed by atoms with Gasteiger partial charge in [0.05, 0.1) is 13.2 Å². The molecular weight excluding hydrogens is 434 g/mol. The van der Waals surface area contributed by atoms with Gasteiger partial charge < -0.3 is 54.8 Å². The van der Waals surface area contributed by atoms with Crippen LogP contribution in [0.15, 0.2) is 24.3 Å². The van der Waals surface area contributed by atoms with Crippen molar-refractivity contribution in [2.75, 3.05) is 19.8 Å². The van der Waals surface area contributed by atoms with Crippen molar-refractivity contribution in [3.63, 3.8) is 0 Å². The maximum Gasteiger partial charge on any atom is 0.229 e. The van der Waals surface area contributed by atoms with Crippen LogP contribution in [0, 0.1) is 5.21 Å². The normalized spacial score (nSPS) is 38.9. The zero-order chi connectivity index (χ0) is 23.4. The van der Waals surface area contributed by atoms with Crippen molar-refractivity contribution in [1.29, 1.82) is 0 Å². The highest BCUT2D eigenvalue weighted by Crippen LogP contribution is 2.26. The van der Waals surface area contributed by atoms with Gasteiger partial charge in [0.1, 0.15) is 55.0 Å². The van der Waals surface area contributed by atoms with E-state index in [1.807, 2.05) is 0 Å². The average molecular weight is 463 g/mol. The molecule has 10 atom stereocenters. The fourth-order valence-electron chi connectivity index (χ4n) is 3.39. The average Bonchev–Trinajstić information content (AvgIpc) is 2.77.